The number of hydrogen-bond donors (Lipinski definition) is 2. The predicted octanol–water partition coefficient (Wildman–Crippen LogP) is 2.75. The highest BCUT2D eigenvalue weighted by molar-refractivity contribution is 7.14. The van der Waals surface area contributed by atoms with E-state index in [9.17, 15) is 19.7 Å². The minimum atomic E-state index is -1.15. The minimum Gasteiger partial charge on any atom is -0.449 e. The number of nitriles is 1. The van der Waals surface area contributed by atoms with Crippen LogP contribution in [0, 0.1) is 21.4 Å². The van der Waals surface area contributed by atoms with E-state index in [2.05, 4.69) is 10.6 Å². The zero-order valence-electron chi connectivity index (χ0n) is 13.8. The van der Waals surface area contributed by atoms with Crippen molar-refractivity contribution in [2.75, 3.05) is 17.7 Å². The van der Waals surface area contributed by atoms with Crippen LogP contribution in [0.3, 0.4) is 0 Å². The van der Waals surface area contributed by atoms with E-state index in [1.54, 1.807) is 11.4 Å². The summed E-state index contributed by atoms with van der Waals surface area (Å²) in [6, 6.07) is 7.30. The fourth-order valence-corrected chi connectivity index (χ4v) is 2.75. The van der Waals surface area contributed by atoms with Crippen LogP contribution in [0.5, 0.6) is 0 Å². The molecule has 0 bridgehead atoms. The molecule has 1 heterocycles. The van der Waals surface area contributed by atoms with Crippen molar-refractivity contribution in [1.82, 2.24) is 0 Å². The predicted molar refractivity (Wildman–Crippen MR) is 95.2 cm³/mol. The largest absolute Gasteiger partial charge is 0.449 e. The Morgan fingerprint density at radius 1 is 1.38 bits per heavy atom. The first-order valence-electron chi connectivity index (χ1n) is 7.33. The molecule has 2 rings (SSSR count). The number of carbonyl (C=O) groups is 2. The molecule has 1 aromatic heterocycles. The lowest BCUT2D eigenvalue weighted by molar-refractivity contribution is -0.384. The van der Waals surface area contributed by atoms with Gasteiger partial charge in [-0.05, 0) is 30.5 Å². The Bertz CT molecular complexity index is 902. The van der Waals surface area contributed by atoms with Gasteiger partial charge in [0.05, 0.1) is 16.1 Å². The molecular formula is C16H14N4O5S. The van der Waals surface area contributed by atoms with Crippen LogP contribution in [0.15, 0.2) is 29.6 Å². The molecule has 0 aliphatic heterocycles. The Morgan fingerprint density at radius 2 is 2.12 bits per heavy atom. The number of anilines is 2. The first kappa shape index (κ1) is 18.9. The number of amides is 1. The number of benzene rings is 1. The SMILES string of the molecule is CNc1ccc(C(=O)O[C@H](C)C(=O)Nc2sccc2C#N)cc1[N+](=O)[O-]. The van der Waals surface area contributed by atoms with Crippen molar-refractivity contribution in [3.63, 3.8) is 0 Å². The molecule has 0 unspecified atom stereocenters. The van der Waals surface area contributed by atoms with Gasteiger partial charge < -0.3 is 15.4 Å². The van der Waals surface area contributed by atoms with E-state index in [0.717, 1.165) is 6.07 Å². The molecule has 1 atom stereocenters. The number of nitro groups is 1. The van der Waals surface area contributed by atoms with Gasteiger partial charge in [0.25, 0.3) is 11.6 Å². The second-order valence-corrected chi connectivity index (χ2v) is 5.97. The van der Waals surface area contributed by atoms with Crippen molar-refractivity contribution >= 4 is 39.6 Å². The third-order valence-electron chi connectivity index (χ3n) is 3.37. The van der Waals surface area contributed by atoms with E-state index in [0.29, 0.717) is 10.6 Å². The summed E-state index contributed by atoms with van der Waals surface area (Å²) in [5, 5.41) is 27.1. The normalized spacial score (nSPS) is 11.1. The van der Waals surface area contributed by atoms with Crippen molar-refractivity contribution in [1.29, 1.82) is 5.26 Å². The van der Waals surface area contributed by atoms with Crippen LogP contribution in [-0.2, 0) is 9.53 Å². The van der Waals surface area contributed by atoms with E-state index in [-0.39, 0.29) is 16.9 Å². The molecule has 9 nitrogen and oxygen atoms in total. The van der Waals surface area contributed by atoms with Crippen LogP contribution in [-0.4, -0.2) is 30.0 Å². The van der Waals surface area contributed by atoms with Crippen LogP contribution in [0.4, 0.5) is 16.4 Å². The van der Waals surface area contributed by atoms with Crippen LogP contribution < -0.4 is 10.6 Å². The zero-order valence-corrected chi connectivity index (χ0v) is 14.6. The Kier molecular flexibility index (Phi) is 5.87. The second kappa shape index (κ2) is 8.09. The highest BCUT2D eigenvalue weighted by atomic mass is 32.1. The summed E-state index contributed by atoms with van der Waals surface area (Å²) in [6.07, 6.45) is -1.15. The Morgan fingerprint density at radius 3 is 2.73 bits per heavy atom. The smallest absolute Gasteiger partial charge is 0.339 e. The van der Waals surface area contributed by atoms with Crippen molar-refractivity contribution < 1.29 is 19.2 Å². The third kappa shape index (κ3) is 4.14. The average molecular weight is 374 g/mol. The maximum Gasteiger partial charge on any atom is 0.339 e. The zero-order chi connectivity index (χ0) is 19.3. The molecule has 0 saturated carbocycles. The molecular weight excluding hydrogens is 360 g/mol. The maximum absolute atomic E-state index is 12.2. The quantitative estimate of drug-likeness (QED) is 0.451. The van der Waals surface area contributed by atoms with Gasteiger partial charge >= 0.3 is 5.97 Å². The van der Waals surface area contributed by atoms with Crippen molar-refractivity contribution in [2.45, 2.75) is 13.0 Å². The number of carbonyl (C=O) groups excluding carboxylic acids is 2. The third-order valence-corrected chi connectivity index (χ3v) is 4.20. The van der Waals surface area contributed by atoms with Crippen LogP contribution >= 0.6 is 11.3 Å². The number of hydrogen-bond acceptors (Lipinski definition) is 8. The Labute approximate surface area is 152 Å². The highest BCUT2D eigenvalue weighted by Gasteiger charge is 2.23. The molecule has 26 heavy (non-hydrogen) atoms. The van der Waals surface area contributed by atoms with Gasteiger partial charge in [0, 0.05) is 13.1 Å². The summed E-state index contributed by atoms with van der Waals surface area (Å²) in [6.45, 7) is 1.36. The van der Waals surface area contributed by atoms with Crippen LogP contribution in [0.1, 0.15) is 22.8 Å². The van der Waals surface area contributed by atoms with Crippen LogP contribution in [0.25, 0.3) is 0 Å². The van der Waals surface area contributed by atoms with Gasteiger partial charge in [-0.2, -0.15) is 5.26 Å². The summed E-state index contributed by atoms with van der Waals surface area (Å²) in [4.78, 5) is 34.7. The molecule has 0 aliphatic carbocycles. The lowest BCUT2D eigenvalue weighted by Crippen LogP contribution is -2.30. The first-order chi connectivity index (χ1) is 12.4. The van der Waals surface area contributed by atoms with E-state index >= 15 is 0 Å². The number of rotatable bonds is 6. The monoisotopic (exact) mass is 374 g/mol. The minimum absolute atomic E-state index is 0.0517. The number of thiophene rings is 1. The summed E-state index contributed by atoms with van der Waals surface area (Å²) in [5.41, 5.74) is 0.222. The van der Waals surface area contributed by atoms with E-state index in [1.807, 2.05) is 6.07 Å². The van der Waals surface area contributed by atoms with E-state index < -0.39 is 22.9 Å². The van der Waals surface area contributed by atoms with Crippen LogP contribution in [0.2, 0.25) is 0 Å². The van der Waals surface area contributed by atoms with Crippen molar-refractivity contribution in [3.8, 4) is 6.07 Å². The van der Waals surface area contributed by atoms with Gasteiger partial charge in [-0.1, -0.05) is 0 Å². The number of nitro benzene ring substituents is 1. The van der Waals surface area contributed by atoms with Crippen molar-refractivity contribution in [2.24, 2.45) is 0 Å². The van der Waals surface area contributed by atoms with Gasteiger partial charge in [-0.25, -0.2) is 4.79 Å². The highest BCUT2D eigenvalue weighted by Crippen LogP contribution is 2.26. The van der Waals surface area contributed by atoms with Gasteiger partial charge in [0.2, 0.25) is 0 Å². The van der Waals surface area contributed by atoms with E-state index in [4.69, 9.17) is 10.00 Å². The molecule has 0 spiro atoms. The number of ether oxygens (including phenoxy) is 1. The fourth-order valence-electron chi connectivity index (χ4n) is 2.01. The Balaban J connectivity index is 2.09. The number of esters is 1. The molecule has 2 aromatic rings. The molecule has 0 aliphatic rings. The van der Waals surface area contributed by atoms with Gasteiger partial charge in [-0.15, -0.1) is 11.3 Å². The lowest BCUT2D eigenvalue weighted by Gasteiger charge is -2.13. The standard InChI is InChI=1S/C16H14N4O5S/c1-9(14(21)19-15-11(8-17)5-6-26-15)25-16(22)10-3-4-12(18-2)13(7-10)20(23)24/h3-7,9,18H,1-2H3,(H,19,21)/t9-/m1/s1. The summed E-state index contributed by atoms with van der Waals surface area (Å²) < 4.78 is 5.06. The fraction of sp³-hybridized carbons (Fsp3) is 0.188. The van der Waals surface area contributed by atoms with Crippen molar-refractivity contribution in [3.05, 3.63) is 50.9 Å². The molecule has 0 radical (unpaired) electrons. The summed E-state index contributed by atoms with van der Waals surface area (Å²) in [5.74, 6) is -1.48. The summed E-state index contributed by atoms with van der Waals surface area (Å²) in [7, 11) is 1.52. The second-order valence-electron chi connectivity index (χ2n) is 5.05. The maximum atomic E-state index is 12.2. The van der Waals surface area contributed by atoms with Gasteiger partial charge in [0.15, 0.2) is 6.10 Å². The van der Waals surface area contributed by atoms with Gasteiger partial charge in [-0.3, -0.25) is 14.9 Å². The molecule has 10 heteroatoms. The molecule has 2 N–H and O–H groups in total. The molecule has 1 amide bonds. The molecule has 134 valence electrons. The molecule has 1 aromatic carbocycles. The lowest BCUT2D eigenvalue weighted by atomic mass is 10.1. The molecule has 0 fully saturated rings. The van der Waals surface area contributed by atoms with Gasteiger partial charge in [0.1, 0.15) is 16.8 Å². The average Bonchev–Trinajstić information content (AvgIpc) is 3.07. The summed E-state index contributed by atoms with van der Waals surface area (Å²) >= 11 is 1.17. The topological polar surface area (TPSA) is 134 Å². The molecule has 0 saturated heterocycles. The number of nitrogens with one attached hydrogen (secondary N) is 2. The first-order valence-corrected chi connectivity index (χ1v) is 8.21. The number of nitrogens with zero attached hydrogens (tertiary/aromatic N) is 2. The Hall–Kier alpha value is -3.45. The van der Waals surface area contributed by atoms with E-state index in [1.165, 1.54) is 37.4 Å².